The van der Waals surface area contributed by atoms with Crippen LogP contribution in [0.15, 0.2) is 48.7 Å². The Kier molecular flexibility index (Phi) is 6.53. The summed E-state index contributed by atoms with van der Waals surface area (Å²) in [5.74, 6) is 1.71. The van der Waals surface area contributed by atoms with Crippen LogP contribution in [0.1, 0.15) is 26.4 Å². The van der Waals surface area contributed by atoms with Gasteiger partial charge in [-0.25, -0.2) is 4.98 Å². The molecule has 0 unspecified atom stereocenters. The molecule has 1 aliphatic heterocycles. The standard InChI is InChI=1S/C24H28N4O2S/c1-17-18(2)31-24(26-23(29)19-7-9-20(30-3)10-8-19)21(17)16-27-12-14-28(15-13-27)22-6-4-5-11-25-22/h4-11H,12-16H2,1-3H3,(H,26,29)/p+1. The van der Waals surface area contributed by atoms with E-state index in [1.807, 2.05) is 30.5 Å². The van der Waals surface area contributed by atoms with Crippen molar-refractivity contribution in [3.8, 4) is 5.75 Å². The second-order valence-corrected chi connectivity index (χ2v) is 9.10. The summed E-state index contributed by atoms with van der Waals surface area (Å²) in [4.78, 5) is 22.4. The molecule has 31 heavy (non-hydrogen) atoms. The van der Waals surface area contributed by atoms with Gasteiger partial charge in [0.15, 0.2) is 0 Å². The molecule has 2 aromatic heterocycles. The van der Waals surface area contributed by atoms with Gasteiger partial charge in [0.2, 0.25) is 0 Å². The molecule has 3 aromatic rings. The second-order valence-electron chi connectivity index (χ2n) is 7.88. The lowest BCUT2D eigenvalue weighted by atomic mass is 10.1. The van der Waals surface area contributed by atoms with Gasteiger partial charge in [-0.2, -0.15) is 0 Å². The first kappa shape index (κ1) is 21.3. The second kappa shape index (κ2) is 9.49. The molecule has 1 saturated heterocycles. The summed E-state index contributed by atoms with van der Waals surface area (Å²) < 4.78 is 5.19. The lowest BCUT2D eigenvalue weighted by Crippen LogP contribution is -3.13. The van der Waals surface area contributed by atoms with Crippen LogP contribution in [0.25, 0.3) is 0 Å². The van der Waals surface area contributed by atoms with E-state index < -0.39 is 0 Å². The fourth-order valence-electron chi connectivity index (χ4n) is 3.93. The molecule has 1 aromatic carbocycles. The van der Waals surface area contributed by atoms with Crippen molar-refractivity contribution >= 4 is 28.1 Å². The third-order valence-electron chi connectivity index (χ3n) is 5.96. The van der Waals surface area contributed by atoms with Crippen molar-refractivity contribution in [2.45, 2.75) is 20.4 Å². The zero-order chi connectivity index (χ0) is 21.8. The number of pyridine rings is 1. The molecular weight excluding hydrogens is 408 g/mol. The lowest BCUT2D eigenvalue weighted by molar-refractivity contribution is -0.914. The zero-order valence-corrected chi connectivity index (χ0v) is 19.1. The Balaban J connectivity index is 1.43. The van der Waals surface area contributed by atoms with Crippen LogP contribution in [-0.2, 0) is 6.54 Å². The summed E-state index contributed by atoms with van der Waals surface area (Å²) in [5, 5.41) is 4.12. The van der Waals surface area contributed by atoms with E-state index in [4.69, 9.17) is 4.74 Å². The Morgan fingerprint density at radius 3 is 2.55 bits per heavy atom. The van der Waals surface area contributed by atoms with E-state index in [9.17, 15) is 4.79 Å². The third-order valence-corrected chi connectivity index (χ3v) is 7.12. The molecule has 0 spiro atoms. The quantitative estimate of drug-likeness (QED) is 0.623. The van der Waals surface area contributed by atoms with Gasteiger partial charge in [0.1, 0.15) is 23.1 Å². The maximum absolute atomic E-state index is 12.8. The zero-order valence-electron chi connectivity index (χ0n) is 18.3. The molecular formula is C24H29N4O2S+. The van der Waals surface area contributed by atoms with E-state index in [0.717, 1.165) is 49.3 Å². The molecule has 1 amide bonds. The molecule has 162 valence electrons. The van der Waals surface area contributed by atoms with E-state index >= 15 is 0 Å². The van der Waals surface area contributed by atoms with Crippen LogP contribution in [0.2, 0.25) is 0 Å². The number of carbonyl (C=O) groups is 1. The van der Waals surface area contributed by atoms with Crippen LogP contribution in [0.4, 0.5) is 10.8 Å². The van der Waals surface area contributed by atoms with E-state index in [0.29, 0.717) is 5.56 Å². The van der Waals surface area contributed by atoms with Crippen molar-refractivity contribution in [1.82, 2.24) is 4.98 Å². The van der Waals surface area contributed by atoms with E-state index in [1.54, 1.807) is 30.6 Å². The fourth-order valence-corrected chi connectivity index (χ4v) is 5.00. The Hall–Kier alpha value is -2.90. The molecule has 0 radical (unpaired) electrons. The van der Waals surface area contributed by atoms with Crippen LogP contribution in [0.5, 0.6) is 5.75 Å². The Morgan fingerprint density at radius 2 is 1.90 bits per heavy atom. The monoisotopic (exact) mass is 437 g/mol. The highest BCUT2D eigenvalue weighted by molar-refractivity contribution is 7.16. The number of carbonyl (C=O) groups excluding carboxylic acids is 1. The lowest BCUT2D eigenvalue weighted by Gasteiger charge is -2.33. The number of amides is 1. The maximum Gasteiger partial charge on any atom is 0.256 e. The molecule has 3 heterocycles. The summed E-state index contributed by atoms with van der Waals surface area (Å²) in [6, 6.07) is 13.3. The van der Waals surface area contributed by atoms with Crippen molar-refractivity contribution in [3.63, 3.8) is 0 Å². The summed E-state index contributed by atoms with van der Waals surface area (Å²) in [7, 11) is 1.62. The minimum Gasteiger partial charge on any atom is -0.497 e. The van der Waals surface area contributed by atoms with Crippen LogP contribution in [-0.4, -0.2) is 44.2 Å². The number of benzene rings is 1. The number of rotatable bonds is 6. The SMILES string of the molecule is COc1ccc(C(=O)Nc2sc(C)c(C)c2C[NH+]2CCN(c3ccccn3)CC2)cc1. The highest BCUT2D eigenvalue weighted by atomic mass is 32.1. The van der Waals surface area contributed by atoms with Crippen LogP contribution in [0, 0.1) is 13.8 Å². The van der Waals surface area contributed by atoms with Gasteiger partial charge in [-0.05, 0) is 55.8 Å². The number of aryl methyl sites for hydroxylation is 1. The van der Waals surface area contributed by atoms with Crippen molar-refractivity contribution in [2.24, 2.45) is 0 Å². The number of hydrogen-bond donors (Lipinski definition) is 2. The minimum absolute atomic E-state index is 0.0832. The molecule has 4 rings (SSSR count). The first-order valence-corrected chi connectivity index (χ1v) is 11.4. The summed E-state index contributed by atoms with van der Waals surface area (Å²) in [5.41, 5.74) is 3.17. The molecule has 0 atom stereocenters. The normalized spacial score (nSPS) is 14.5. The molecule has 7 heteroatoms. The van der Waals surface area contributed by atoms with Gasteiger partial charge in [0, 0.05) is 22.2 Å². The van der Waals surface area contributed by atoms with Gasteiger partial charge >= 0.3 is 0 Å². The summed E-state index contributed by atoms with van der Waals surface area (Å²) >= 11 is 1.67. The van der Waals surface area contributed by atoms with Crippen molar-refractivity contribution in [3.05, 3.63) is 70.2 Å². The van der Waals surface area contributed by atoms with Gasteiger partial charge in [-0.15, -0.1) is 11.3 Å². The van der Waals surface area contributed by atoms with Crippen molar-refractivity contribution in [1.29, 1.82) is 0 Å². The number of aromatic nitrogens is 1. The van der Waals surface area contributed by atoms with E-state index in [1.165, 1.54) is 20.9 Å². The number of ether oxygens (including phenoxy) is 1. The van der Waals surface area contributed by atoms with E-state index in [-0.39, 0.29) is 5.91 Å². The van der Waals surface area contributed by atoms with Gasteiger partial charge in [-0.1, -0.05) is 6.07 Å². The predicted molar refractivity (Wildman–Crippen MR) is 126 cm³/mol. The predicted octanol–water partition coefficient (Wildman–Crippen LogP) is 2.93. The number of methoxy groups -OCH3 is 1. The number of hydrogen-bond acceptors (Lipinski definition) is 5. The largest absolute Gasteiger partial charge is 0.497 e. The number of anilines is 2. The summed E-state index contributed by atoms with van der Waals surface area (Å²) in [6.45, 7) is 9.29. The highest BCUT2D eigenvalue weighted by Crippen LogP contribution is 2.32. The van der Waals surface area contributed by atoms with Gasteiger partial charge < -0.3 is 19.9 Å². The van der Waals surface area contributed by atoms with Gasteiger partial charge in [0.05, 0.1) is 33.3 Å². The molecule has 1 aliphatic rings. The highest BCUT2D eigenvalue weighted by Gasteiger charge is 2.24. The smallest absolute Gasteiger partial charge is 0.256 e. The van der Waals surface area contributed by atoms with Gasteiger partial charge in [0.25, 0.3) is 5.91 Å². The first-order chi connectivity index (χ1) is 15.0. The number of thiophene rings is 1. The van der Waals surface area contributed by atoms with Crippen LogP contribution in [0.3, 0.4) is 0 Å². The Morgan fingerprint density at radius 1 is 1.16 bits per heavy atom. The number of quaternary nitrogens is 1. The first-order valence-electron chi connectivity index (χ1n) is 10.6. The molecule has 1 fully saturated rings. The average molecular weight is 438 g/mol. The maximum atomic E-state index is 12.8. The van der Waals surface area contributed by atoms with Crippen molar-refractivity contribution in [2.75, 3.05) is 43.5 Å². The molecule has 2 N–H and O–H groups in total. The van der Waals surface area contributed by atoms with Crippen molar-refractivity contribution < 1.29 is 14.4 Å². The van der Waals surface area contributed by atoms with E-state index in [2.05, 4.69) is 35.1 Å². The fraction of sp³-hybridized carbons (Fsp3) is 0.333. The molecule has 0 bridgehead atoms. The average Bonchev–Trinajstić information content (AvgIpc) is 3.07. The van der Waals surface area contributed by atoms with Crippen LogP contribution >= 0.6 is 11.3 Å². The number of piperazine rings is 1. The minimum atomic E-state index is -0.0832. The molecule has 0 aliphatic carbocycles. The Labute approximate surface area is 187 Å². The molecule has 0 saturated carbocycles. The van der Waals surface area contributed by atoms with Gasteiger partial charge in [-0.3, -0.25) is 4.79 Å². The topological polar surface area (TPSA) is 58.9 Å². The van der Waals surface area contributed by atoms with Crippen LogP contribution < -0.4 is 19.9 Å². The summed E-state index contributed by atoms with van der Waals surface area (Å²) in [6.07, 6.45) is 1.85. The number of nitrogens with zero attached hydrogens (tertiary/aromatic N) is 2. The third kappa shape index (κ3) is 4.89. The Bertz CT molecular complexity index is 1030. The molecule has 6 nitrogen and oxygen atoms in total. The number of nitrogens with one attached hydrogen (secondary N) is 2.